The molecule has 1 N–H and O–H groups in total. The number of amides is 2. The van der Waals surface area contributed by atoms with Gasteiger partial charge in [-0.2, -0.15) is 0 Å². The first-order chi connectivity index (χ1) is 11.1. The molecule has 0 saturated carbocycles. The van der Waals surface area contributed by atoms with E-state index >= 15 is 0 Å². The molecule has 0 aliphatic carbocycles. The third-order valence-corrected chi connectivity index (χ3v) is 6.14. The molecular weight excluding hydrogens is 310 g/mol. The summed E-state index contributed by atoms with van der Waals surface area (Å²) in [7, 11) is 0. The molecule has 6 heteroatoms. The molecule has 2 aromatic rings. The first-order valence-corrected chi connectivity index (χ1v) is 8.68. The molecule has 23 heavy (non-hydrogen) atoms. The minimum absolute atomic E-state index is 0.0775. The normalized spacial score (nSPS) is 26.6. The molecule has 2 atom stereocenters. The lowest BCUT2D eigenvalue weighted by molar-refractivity contribution is -0.135. The molecule has 118 valence electrons. The van der Waals surface area contributed by atoms with Crippen LogP contribution >= 0.6 is 11.8 Å². The molecule has 0 radical (unpaired) electrons. The summed E-state index contributed by atoms with van der Waals surface area (Å²) in [5.41, 5.74) is 1.46. The van der Waals surface area contributed by atoms with E-state index in [1.165, 1.54) is 0 Å². The van der Waals surface area contributed by atoms with Crippen molar-refractivity contribution in [2.45, 2.75) is 30.7 Å². The van der Waals surface area contributed by atoms with E-state index in [1.807, 2.05) is 30.3 Å². The average Bonchev–Trinajstić information content (AvgIpc) is 3.04. The number of aromatic nitrogens is 1. The van der Waals surface area contributed by atoms with Crippen LogP contribution in [0.1, 0.15) is 19.8 Å². The van der Waals surface area contributed by atoms with E-state index in [0.29, 0.717) is 17.9 Å². The third kappa shape index (κ3) is 2.28. The summed E-state index contributed by atoms with van der Waals surface area (Å²) >= 11 is 1.70. The zero-order chi connectivity index (χ0) is 16.0. The van der Waals surface area contributed by atoms with Crippen molar-refractivity contribution < 1.29 is 9.59 Å². The summed E-state index contributed by atoms with van der Waals surface area (Å²) in [6.07, 6.45) is 3.06. The second kappa shape index (κ2) is 5.23. The molecule has 1 aromatic carbocycles. The maximum absolute atomic E-state index is 12.7. The summed E-state index contributed by atoms with van der Waals surface area (Å²) in [6, 6.07) is 9.14. The van der Waals surface area contributed by atoms with Gasteiger partial charge in [-0.25, -0.2) is 0 Å². The van der Waals surface area contributed by atoms with Gasteiger partial charge in [-0.05, 0) is 25.5 Å². The van der Waals surface area contributed by atoms with Gasteiger partial charge >= 0.3 is 0 Å². The number of nitrogens with one attached hydrogen (secondary N) is 1. The quantitative estimate of drug-likeness (QED) is 0.921. The highest BCUT2D eigenvalue weighted by Gasteiger charge is 2.52. The maximum Gasteiger partial charge on any atom is 0.248 e. The molecule has 0 unspecified atom stereocenters. The highest BCUT2D eigenvalue weighted by atomic mass is 32.2. The van der Waals surface area contributed by atoms with Crippen LogP contribution in [0.3, 0.4) is 0 Å². The van der Waals surface area contributed by atoms with Crippen molar-refractivity contribution in [1.82, 2.24) is 9.88 Å². The van der Waals surface area contributed by atoms with Gasteiger partial charge in [-0.1, -0.05) is 18.2 Å². The van der Waals surface area contributed by atoms with Crippen LogP contribution in [0.2, 0.25) is 0 Å². The van der Waals surface area contributed by atoms with Crippen molar-refractivity contribution in [3.05, 3.63) is 36.5 Å². The van der Waals surface area contributed by atoms with Crippen molar-refractivity contribution >= 4 is 40.2 Å². The molecule has 1 aromatic heterocycles. The van der Waals surface area contributed by atoms with Crippen molar-refractivity contribution in [2.24, 2.45) is 0 Å². The standard InChI is InChI=1S/C17H17N3O2S/c1-17-8-7-14(21)20(17)13(10-23-17)16(22)19-12-6-2-4-11-5-3-9-18-15(11)12/h2-6,9,13H,7-8,10H2,1H3,(H,19,22)/t13-,17-/m1/s1. The number of carbonyl (C=O) groups excluding carboxylic acids is 2. The predicted octanol–water partition coefficient (Wildman–Crippen LogP) is 2.63. The Kier molecular flexibility index (Phi) is 3.30. The summed E-state index contributed by atoms with van der Waals surface area (Å²) in [6.45, 7) is 2.05. The number of carbonyl (C=O) groups is 2. The molecule has 2 saturated heterocycles. The maximum atomic E-state index is 12.7. The number of anilines is 1. The Morgan fingerprint density at radius 2 is 2.22 bits per heavy atom. The Morgan fingerprint density at radius 1 is 1.39 bits per heavy atom. The van der Waals surface area contributed by atoms with Crippen molar-refractivity contribution in [3.8, 4) is 0 Å². The van der Waals surface area contributed by atoms with Crippen LogP contribution in [0.5, 0.6) is 0 Å². The second-order valence-corrected chi connectivity index (χ2v) is 7.64. The zero-order valence-electron chi connectivity index (χ0n) is 12.8. The predicted molar refractivity (Wildman–Crippen MR) is 91.1 cm³/mol. The fraction of sp³-hybridized carbons (Fsp3) is 0.353. The van der Waals surface area contributed by atoms with E-state index < -0.39 is 6.04 Å². The van der Waals surface area contributed by atoms with Gasteiger partial charge in [0, 0.05) is 23.8 Å². The van der Waals surface area contributed by atoms with Gasteiger partial charge in [-0.15, -0.1) is 11.8 Å². The first kappa shape index (κ1) is 14.5. The number of pyridine rings is 1. The molecule has 2 aliphatic heterocycles. The smallest absolute Gasteiger partial charge is 0.248 e. The largest absolute Gasteiger partial charge is 0.322 e. The third-order valence-electron chi connectivity index (χ3n) is 4.64. The van der Waals surface area contributed by atoms with E-state index in [-0.39, 0.29) is 16.7 Å². The van der Waals surface area contributed by atoms with Crippen LogP contribution in [0, 0.1) is 0 Å². The fourth-order valence-corrected chi connectivity index (χ4v) is 4.87. The Balaban J connectivity index is 1.62. The Hall–Kier alpha value is -2.08. The fourth-order valence-electron chi connectivity index (χ4n) is 3.44. The van der Waals surface area contributed by atoms with Gasteiger partial charge < -0.3 is 10.2 Å². The first-order valence-electron chi connectivity index (χ1n) is 7.69. The lowest BCUT2D eigenvalue weighted by Crippen LogP contribution is -2.48. The van der Waals surface area contributed by atoms with Crippen molar-refractivity contribution in [3.63, 3.8) is 0 Å². The molecule has 4 rings (SSSR count). The van der Waals surface area contributed by atoms with Crippen LogP contribution in [0.15, 0.2) is 36.5 Å². The van der Waals surface area contributed by atoms with Crippen LogP contribution in [0.4, 0.5) is 5.69 Å². The van der Waals surface area contributed by atoms with Crippen LogP contribution in [0.25, 0.3) is 10.9 Å². The number of rotatable bonds is 2. The van der Waals surface area contributed by atoms with Gasteiger partial charge in [0.15, 0.2) is 0 Å². The SMILES string of the molecule is C[C@@]12CCC(=O)N1[C@@H](C(=O)Nc1cccc3cccnc13)CS2. The van der Waals surface area contributed by atoms with Gasteiger partial charge in [-0.3, -0.25) is 14.6 Å². The van der Waals surface area contributed by atoms with Gasteiger partial charge in [0.1, 0.15) is 6.04 Å². The Labute approximate surface area is 138 Å². The summed E-state index contributed by atoms with van der Waals surface area (Å²) in [5.74, 6) is 0.593. The molecule has 3 heterocycles. The molecule has 2 fully saturated rings. The molecule has 2 aliphatic rings. The topological polar surface area (TPSA) is 62.3 Å². The Bertz CT molecular complexity index is 804. The average molecular weight is 327 g/mol. The lowest BCUT2D eigenvalue weighted by Gasteiger charge is -2.29. The van der Waals surface area contributed by atoms with Gasteiger partial charge in [0.05, 0.1) is 16.1 Å². The number of nitrogens with zero attached hydrogens (tertiary/aromatic N) is 2. The molecule has 0 bridgehead atoms. The minimum Gasteiger partial charge on any atom is -0.322 e. The highest BCUT2D eigenvalue weighted by Crippen LogP contribution is 2.47. The molecule has 0 spiro atoms. The lowest BCUT2D eigenvalue weighted by atomic mass is 10.1. The molecular formula is C17H17N3O2S. The molecule has 2 amide bonds. The highest BCUT2D eigenvalue weighted by molar-refractivity contribution is 8.01. The number of benzene rings is 1. The van der Waals surface area contributed by atoms with E-state index in [9.17, 15) is 9.59 Å². The number of para-hydroxylation sites is 1. The monoisotopic (exact) mass is 327 g/mol. The van der Waals surface area contributed by atoms with Gasteiger partial charge in [0.2, 0.25) is 11.8 Å². The van der Waals surface area contributed by atoms with Crippen LogP contribution in [-0.2, 0) is 9.59 Å². The summed E-state index contributed by atoms with van der Waals surface area (Å²) < 4.78 is 0. The minimum atomic E-state index is -0.404. The second-order valence-electron chi connectivity index (χ2n) is 6.14. The van der Waals surface area contributed by atoms with Crippen molar-refractivity contribution in [1.29, 1.82) is 0 Å². The van der Waals surface area contributed by atoms with E-state index in [0.717, 1.165) is 17.3 Å². The van der Waals surface area contributed by atoms with E-state index in [2.05, 4.69) is 17.2 Å². The van der Waals surface area contributed by atoms with Crippen LogP contribution in [-0.4, -0.2) is 38.4 Å². The number of hydrogen-bond acceptors (Lipinski definition) is 4. The number of fused-ring (bicyclic) bond motifs is 2. The Morgan fingerprint density at radius 3 is 3.09 bits per heavy atom. The van der Waals surface area contributed by atoms with Crippen molar-refractivity contribution in [2.75, 3.05) is 11.1 Å². The number of thioether (sulfide) groups is 1. The summed E-state index contributed by atoms with van der Waals surface area (Å²) in [5, 5.41) is 3.95. The van der Waals surface area contributed by atoms with Gasteiger partial charge in [0.25, 0.3) is 0 Å². The van der Waals surface area contributed by atoms with E-state index in [4.69, 9.17) is 0 Å². The van der Waals surface area contributed by atoms with E-state index in [1.54, 1.807) is 22.9 Å². The summed E-state index contributed by atoms with van der Waals surface area (Å²) in [4.78, 5) is 30.8. The zero-order valence-corrected chi connectivity index (χ0v) is 13.6. The molecule has 5 nitrogen and oxygen atoms in total. The number of hydrogen-bond donors (Lipinski definition) is 1. The van der Waals surface area contributed by atoms with Crippen LogP contribution < -0.4 is 5.32 Å².